The summed E-state index contributed by atoms with van der Waals surface area (Å²) in [4.78, 5) is -0.574. The Morgan fingerprint density at radius 2 is 0.929 bits per heavy atom. The first-order chi connectivity index (χ1) is 19.7. The van der Waals surface area contributed by atoms with E-state index in [-0.39, 0.29) is 51.1 Å². The second kappa shape index (κ2) is 11.7. The molecule has 42 heavy (non-hydrogen) atoms. The van der Waals surface area contributed by atoms with Gasteiger partial charge in [0.2, 0.25) is 10.0 Å². The average Bonchev–Trinajstić information content (AvgIpc) is 2.99. The molecule has 0 saturated carbocycles. The molecule has 0 aliphatic rings. The Labute approximate surface area is 267 Å². The first-order valence-corrected chi connectivity index (χ1v) is 15.7. The predicted octanol–water partition coefficient (Wildman–Crippen LogP) is 3.81. The molecule has 0 amide bonds. The van der Waals surface area contributed by atoms with Crippen LogP contribution in [0.4, 0.5) is 0 Å². The van der Waals surface area contributed by atoms with Crippen molar-refractivity contribution in [3.05, 3.63) is 121 Å². The third kappa shape index (κ3) is 5.31. The van der Waals surface area contributed by atoms with Crippen molar-refractivity contribution in [2.75, 3.05) is 7.05 Å². The van der Waals surface area contributed by atoms with Crippen LogP contribution in [0.25, 0.3) is 54.9 Å². The van der Waals surface area contributed by atoms with Crippen molar-refractivity contribution in [1.82, 2.24) is 4.72 Å². The monoisotopic (exact) mass is 601 g/mol. The Kier molecular flexibility index (Phi) is 8.42. The zero-order valence-corrected chi connectivity index (χ0v) is 26.5. The molecule has 0 spiro atoms. The summed E-state index contributed by atoms with van der Waals surface area (Å²) in [7, 11) is -8.02. The number of nitrogens with one attached hydrogen (secondary N) is 1. The smallest absolute Gasteiger partial charge is 0.744 e. The number of benzene rings is 6. The maximum atomic E-state index is 13.9. The van der Waals surface area contributed by atoms with E-state index in [9.17, 15) is 21.4 Å². The Morgan fingerprint density at radius 3 is 1.36 bits per heavy atom. The van der Waals surface area contributed by atoms with Gasteiger partial charge in [0.15, 0.2) is 0 Å². The van der Waals surface area contributed by atoms with Gasteiger partial charge in [-0.25, -0.2) is 21.6 Å². The molecule has 204 valence electrons. The molecule has 0 unspecified atom stereocenters. The number of hydrogen-bond acceptors (Lipinski definition) is 5. The van der Waals surface area contributed by atoms with Crippen molar-refractivity contribution < 1.29 is 50.9 Å². The Bertz CT molecular complexity index is 2170. The van der Waals surface area contributed by atoms with Crippen molar-refractivity contribution in [1.29, 1.82) is 0 Å². The fraction of sp³-hybridized carbons (Fsp3) is 0.0303. The van der Waals surface area contributed by atoms with Crippen LogP contribution in [0.2, 0.25) is 0 Å². The van der Waals surface area contributed by atoms with E-state index in [2.05, 4.69) is 4.72 Å². The molecule has 0 aliphatic carbocycles. The quantitative estimate of drug-likeness (QED) is 0.231. The van der Waals surface area contributed by atoms with Crippen molar-refractivity contribution >= 4 is 41.7 Å². The Morgan fingerprint density at radius 1 is 0.548 bits per heavy atom. The molecule has 0 heterocycles. The molecule has 6 aromatic carbocycles. The standard InChI is InChI=1S/C33H25NO5S2.Na/c1-34-40(35,36)32-28(22-12-4-2-5-13-22)20-24-16-8-10-18-26(24)30(32)31-27-19-11-9-17-25(27)21-29(33(31)41(37,38)39)23-14-6-3-7-15-23;/h2-21,34H,1H3,(H,37,38,39);/q;+1/p-1. The second-order valence-electron chi connectivity index (χ2n) is 9.59. The van der Waals surface area contributed by atoms with Gasteiger partial charge in [-0.05, 0) is 51.9 Å². The van der Waals surface area contributed by atoms with E-state index in [1.165, 1.54) is 7.05 Å². The summed E-state index contributed by atoms with van der Waals surface area (Å²) in [5.41, 5.74) is 1.95. The van der Waals surface area contributed by atoms with Gasteiger partial charge in [0, 0.05) is 22.3 Å². The van der Waals surface area contributed by atoms with Gasteiger partial charge in [0.25, 0.3) is 0 Å². The van der Waals surface area contributed by atoms with Gasteiger partial charge in [-0.3, -0.25) is 0 Å². The fourth-order valence-electron chi connectivity index (χ4n) is 5.46. The van der Waals surface area contributed by atoms with Crippen LogP contribution < -0.4 is 34.3 Å². The summed E-state index contributed by atoms with van der Waals surface area (Å²) < 4.78 is 70.1. The maximum Gasteiger partial charge on any atom is 1.00 e. The van der Waals surface area contributed by atoms with E-state index in [0.29, 0.717) is 38.2 Å². The third-order valence-corrected chi connectivity index (χ3v) is 9.63. The van der Waals surface area contributed by atoms with E-state index in [1.54, 1.807) is 91.0 Å². The van der Waals surface area contributed by atoms with Gasteiger partial charge < -0.3 is 4.55 Å². The van der Waals surface area contributed by atoms with Crippen LogP contribution in [0.3, 0.4) is 0 Å². The summed E-state index contributed by atoms with van der Waals surface area (Å²) in [5.74, 6) is 0. The number of fused-ring (bicyclic) bond motifs is 2. The summed E-state index contributed by atoms with van der Waals surface area (Å²) in [6.07, 6.45) is 0. The zero-order chi connectivity index (χ0) is 28.8. The molecule has 0 atom stereocenters. The topological polar surface area (TPSA) is 103 Å². The summed E-state index contributed by atoms with van der Waals surface area (Å²) in [6.45, 7) is 0. The van der Waals surface area contributed by atoms with Gasteiger partial charge >= 0.3 is 29.6 Å². The minimum Gasteiger partial charge on any atom is -0.744 e. The van der Waals surface area contributed by atoms with Crippen molar-refractivity contribution in [2.24, 2.45) is 0 Å². The minimum absolute atomic E-state index is 0. The van der Waals surface area contributed by atoms with Crippen LogP contribution in [-0.2, 0) is 20.1 Å². The van der Waals surface area contributed by atoms with Crippen LogP contribution in [-0.4, -0.2) is 28.4 Å². The fourth-order valence-corrected chi connectivity index (χ4v) is 7.52. The van der Waals surface area contributed by atoms with E-state index >= 15 is 0 Å². The minimum atomic E-state index is -5.13. The normalized spacial score (nSPS) is 11.9. The van der Waals surface area contributed by atoms with Crippen LogP contribution in [0.5, 0.6) is 0 Å². The molecular formula is C33H24NNaO5S2. The molecule has 6 aromatic rings. The van der Waals surface area contributed by atoms with Gasteiger partial charge in [-0.2, -0.15) is 0 Å². The van der Waals surface area contributed by atoms with E-state index in [1.807, 2.05) is 30.3 Å². The molecule has 0 bridgehead atoms. The predicted molar refractivity (Wildman–Crippen MR) is 162 cm³/mol. The molecular weight excluding hydrogens is 577 g/mol. The molecule has 0 fully saturated rings. The molecule has 6 rings (SSSR count). The Balaban J connectivity index is 0.00000353. The van der Waals surface area contributed by atoms with E-state index in [4.69, 9.17) is 0 Å². The first-order valence-electron chi connectivity index (χ1n) is 12.8. The maximum absolute atomic E-state index is 13.9. The van der Waals surface area contributed by atoms with Gasteiger partial charge in [-0.15, -0.1) is 0 Å². The van der Waals surface area contributed by atoms with Crippen LogP contribution in [0.1, 0.15) is 0 Å². The van der Waals surface area contributed by atoms with Crippen LogP contribution in [0.15, 0.2) is 131 Å². The molecule has 0 radical (unpaired) electrons. The Hall–Kier alpha value is -3.34. The van der Waals surface area contributed by atoms with E-state index < -0.39 is 25.0 Å². The van der Waals surface area contributed by atoms with Gasteiger partial charge in [-0.1, -0.05) is 109 Å². The largest absolute Gasteiger partial charge is 1.00 e. The number of hydrogen-bond donors (Lipinski definition) is 1. The van der Waals surface area contributed by atoms with Crippen LogP contribution >= 0.6 is 0 Å². The van der Waals surface area contributed by atoms with Crippen molar-refractivity contribution in [2.45, 2.75) is 9.79 Å². The zero-order valence-electron chi connectivity index (χ0n) is 22.9. The van der Waals surface area contributed by atoms with Crippen molar-refractivity contribution in [3.63, 3.8) is 0 Å². The summed E-state index contributed by atoms with van der Waals surface area (Å²) in [6, 6.07) is 35.5. The number of sulfonamides is 1. The molecule has 1 N–H and O–H groups in total. The SMILES string of the molecule is CNS(=O)(=O)c1c(-c2ccccc2)cc2ccccc2c1-c1c(S(=O)(=O)[O-])c(-c2ccccc2)cc2ccccc12.[Na+]. The number of rotatable bonds is 6. The first kappa shape index (κ1) is 30.1. The summed E-state index contributed by atoms with van der Waals surface area (Å²) in [5, 5.41) is 2.31. The van der Waals surface area contributed by atoms with Crippen molar-refractivity contribution in [3.8, 4) is 33.4 Å². The van der Waals surface area contributed by atoms with Gasteiger partial charge in [0.1, 0.15) is 10.1 Å². The van der Waals surface area contributed by atoms with E-state index in [0.717, 1.165) is 0 Å². The average molecular weight is 602 g/mol. The molecule has 0 saturated heterocycles. The van der Waals surface area contributed by atoms with Crippen LogP contribution in [0, 0.1) is 0 Å². The molecule has 9 heteroatoms. The summed E-state index contributed by atoms with van der Waals surface area (Å²) >= 11 is 0. The molecule has 0 aromatic heterocycles. The molecule has 0 aliphatic heterocycles. The molecule has 6 nitrogen and oxygen atoms in total. The second-order valence-corrected chi connectivity index (χ2v) is 12.7. The third-order valence-electron chi connectivity index (χ3n) is 7.21. The van der Waals surface area contributed by atoms with Gasteiger partial charge in [0.05, 0.1) is 9.79 Å².